The SMILES string of the molecule is CCCCOC(=O)NC1CCC(CNc2nc(N3CCOCC3)cc(-n3c(C(F)F)nc4cccc(C)c43)n2)CC1. The van der Waals surface area contributed by atoms with Crippen molar-refractivity contribution in [3.05, 3.63) is 35.7 Å². The van der Waals surface area contributed by atoms with Gasteiger partial charge in [0.25, 0.3) is 6.43 Å². The summed E-state index contributed by atoms with van der Waals surface area (Å²) in [7, 11) is 0. The number of rotatable bonds is 10. The van der Waals surface area contributed by atoms with E-state index in [4.69, 9.17) is 19.4 Å². The average Bonchev–Trinajstić information content (AvgIpc) is 3.39. The van der Waals surface area contributed by atoms with E-state index in [1.54, 1.807) is 12.1 Å². The summed E-state index contributed by atoms with van der Waals surface area (Å²) < 4.78 is 40.6. The molecule has 3 heterocycles. The van der Waals surface area contributed by atoms with E-state index in [9.17, 15) is 13.6 Å². The molecule has 2 aromatic heterocycles. The van der Waals surface area contributed by atoms with E-state index in [-0.39, 0.29) is 18.0 Å². The number of alkyl carbamates (subject to hydrolysis) is 1. The number of morpholine rings is 1. The number of nitrogens with one attached hydrogen (secondary N) is 2. The minimum Gasteiger partial charge on any atom is -0.450 e. The molecule has 1 saturated carbocycles. The summed E-state index contributed by atoms with van der Waals surface area (Å²) in [5, 5.41) is 6.36. The molecule has 222 valence electrons. The molecule has 5 rings (SSSR count). The van der Waals surface area contributed by atoms with Crippen molar-refractivity contribution in [1.29, 1.82) is 0 Å². The number of aryl methyl sites for hydroxylation is 1. The van der Waals surface area contributed by atoms with Gasteiger partial charge in [0, 0.05) is 31.7 Å². The number of alkyl halides is 2. The average molecular weight is 572 g/mol. The van der Waals surface area contributed by atoms with Gasteiger partial charge in [-0.05, 0) is 56.6 Å². The van der Waals surface area contributed by atoms with Gasteiger partial charge in [0.1, 0.15) is 11.6 Å². The van der Waals surface area contributed by atoms with E-state index in [2.05, 4.69) is 27.4 Å². The van der Waals surface area contributed by atoms with Gasteiger partial charge in [-0.25, -0.2) is 18.6 Å². The molecule has 1 aromatic carbocycles. The Morgan fingerprint density at radius 2 is 1.88 bits per heavy atom. The third-order valence-electron chi connectivity index (χ3n) is 7.81. The standard InChI is InChI=1S/C29H39F2N7O3/c1-3-4-14-41-29(39)33-21-10-8-20(9-11-21)18-32-28-35-23(37-12-15-40-16-13-37)17-24(36-28)38-25-19(2)6-5-7-22(25)34-27(38)26(30)31/h5-7,17,20-21,26H,3-4,8-16,18H2,1-2H3,(H,33,39)(H,32,35,36). The van der Waals surface area contributed by atoms with Crippen LogP contribution in [0.1, 0.15) is 63.3 Å². The summed E-state index contributed by atoms with van der Waals surface area (Å²) in [4.78, 5) is 27.8. The van der Waals surface area contributed by atoms with Crippen molar-refractivity contribution in [2.75, 3.05) is 49.7 Å². The molecule has 1 aliphatic carbocycles. The quantitative estimate of drug-likeness (QED) is 0.312. The number of hydrogen-bond donors (Lipinski definition) is 2. The maximum Gasteiger partial charge on any atom is 0.407 e. The highest BCUT2D eigenvalue weighted by atomic mass is 19.3. The minimum absolute atomic E-state index is 0.110. The number of nitrogens with zero attached hydrogens (tertiary/aromatic N) is 5. The van der Waals surface area contributed by atoms with Crippen LogP contribution in [0.3, 0.4) is 0 Å². The molecule has 1 saturated heterocycles. The molecule has 0 spiro atoms. The lowest BCUT2D eigenvalue weighted by molar-refractivity contribution is 0.122. The number of fused-ring (bicyclic) bond motifs is 1. The van der Waals surface area contributed by atoms with E-state index in [1.807, 2.05) is 19.1 Å². The van der Waals surface area contributed by atoms with Gasteiger partial charge >= 0.3 is 6.09 Å². The zero-order valence-electron chi connectivity index (χ0n) is 23.7. The second-order valence-electron chi connectivity index (χ2n) is 10.8. The molecule has 3 aromatic rings. The van der Waals surface area contributed by atoms with Crippen molar-refractivity contribution >= 4 is 28.9 Å². The molecule has 0 radical (unpaired) electrons. The number of anilines is 2. The number of amides is 1. The van der Waals surface area contributed by atoms with Gasteiger partial charge in [0.2, 0.25) is 5.95 Å². The Morgan fingerprint density at radius 3 is 2.61 bits per heavy atom. The predicted molar refractivity (Wildman–Crippen MR) is 153 cm³/mol. The number of imidazole rings is 1. The second kappa shape index (κ2) is 13.4. The van der Waals surface area contributed by atoms with E-state index in [0.717, 1.165) is 44.1 Å². The van der Waals surface area contributed by atoms with Crippen LogP contribution < -0.4 is 15.5 Å². The predicted octanol–water partition coefficient (Wildman–Crippen LogP) is 5.40. The van der Waals surface area contributed by atoms with Crippen molar-refractivity contribution in [3.8, 4) is 5.82 Å². The fourth-order valence-corrected chi connectivity index (χ4v) is 5.53. The van der Waals surface area contributed by atoms with Crippen LogP contribution in [-0.4, -0.2) is 71.1 Å². The first-order chi connectivity index (χ1) is 19.9. The lowest BCUT2D eigenvalue weighted by atomic mass is 9.86. The van der Waals surface area contributed by atoms with Crippen LogP contribution in [0.15, 0.2) is 24.3 Å². The summed E-state index contributed by atoms with van der Waals surface area (Å²) in [6.45, 7) is 7.48. The first-order valence-corrected chi connectivity index (χ1v) is 14.6. The Labute approximate surface area is 238 Å². The Kier molecular flexibility index (Phi) is 9.48. The molecule has 0 unspecified atom stereocenters. The summed E-state index contributed by atoms with van der Waals surface area (Å²) >= 11 is 0. The molecular weight excluding hydrogens is 532 g/mol. The first kappa shape index (κ1) is 29.0. The maximum atomic E-state index is 14.2. The van der Waals surface area contributed by atoms with Crippen LogP contribution in [0.4, 0.5) is 25.3 Å². The molecule has 1 aliphatic heterocycles. The Balaban J connectivity index is 1.33. The van der Waals surface area contributed by atoms with Crippen LogP contribution in [0.5, 0.6) is 0 Å². The number of benzene rings is 1. The van der Waals surface area contributed by atoms with Crippen molar-refractivity contribution < 1.29 is 23.0 Å². The molecular formula is C29H39F2N7O3. The highest BCUT2D eigenvalue weighted by Crippen LogP contribution is 2.31. The fourth-order valence-electron chi connectivity index (χ4n) is 5.53. The van der Waals surface area contributed by atoms with Crippen molar-refractivity contribution in [2.24, 2.45) is 5.92 Å². The molecule has 2 aliphatic rings. The zero-order valence-corrected chi connectivity index (χ0v) is 23.7. The zero-order chi connectivity index (χ0) is 28.8. The molecule has 1 amide bonds. The Bertz CT molecular complexity index is 1320. The molecule has 2 N–H and O–H groups in total. The van der Waals surface area contributed by atoms with Gasteiger partial charge < -0.3 is 25.0 Å². The molecule has 0 bridgehead atoms. The smallest absolute Gasteiger partial charge is 0.407 e. The summed E-state index contributed by atoms with van der Waals surface area (Å²) in [5.74, 6) is 1.43. The van der Waals surface area contributed by atoms with Crippen molar-refractivity contribution in [3.63, 3.8) is 0 Å². The lowest BCUT2D eigenvalue weighted by Gasteiger charge is -2.30. The van der Waals surface area contributed by atoms with E-state index < -0.39 is 6.43 Å². The van der Waals surface area contributed by atoms with Crippen LogP contribution in [0.25, 0.3) is 16.9 Å². The summed E-state index contributed by atoms with van der Waals surface area (Å²) in [5.41, 5.74) is 1.95. The van der Waals surface area contributed by atoms with Crippen LogP contribution in [-0.2, 0) is 9.47 Å². The number of carbonyl (C=O) groups excluding carboxylic acids is 1. The molecule has 41 heavy (non-hydrogen) atoms. The number of para-hydroxylation sites is 1. The first-order valence-electron chi connectivity index (χ1n) is 14.6. The second-order valence-corrected chi connectivity index (χ2v) is 10.8. The van der Waals surface area contributed by atoms with Gasteiger partial charge in [0.05, 0.1) is 30.9 Å². The minimum atomic E-state index is -2.77. The molecule has 2 fully saturated rings. The van der Waals surface area contributed by atoms with Gasteiger partial charge in [-0.3, -0.25) is 4.57 Å². The van der Waals surface area contributed by atoms with Crippen LogP contribution in [0.2, 0.25) is 0 Å². The summed E-state index contributed by atoms with van der Waals surface area (Å²) in [6, 6.07) is 7.31. The number of aromatic nitrogens is 4. The Morgan fingerprint density at radius 1 is 1.12 bits per heavy atom. The number of unbranched alkanes of at least 4 members (excludes halogenated alkanes) is 1. The molecule has 0 atom stereocenters. The maximum absolute atomic E-state index is 14.2. The number of halogens is 2. The highest BCUT2D eigenvalue weighted by Gasteiger charge is 2.26. The largest absolute Gasteiger partial charge is 0.450 e. The number of hydrogen-bond acceptors (Lipinski definition) is 8. The number of ether oxygens (including phenoxy) is 2. The van der Waals surface area contributed by atoms with E-state index in [1.165, 1.54) is 4.57 Å². The van der Waals surface area contributed by atoms with Gasteiger partial charge in [-0.2, -0.15) is 9.97 Å². The third kappa shape index (κ3) is 7.03. The topological polar surface area (TPSA) is 106 Å². The molecule has 10 nitrogen and oxygen atoms in total. The number of carbonyl (C=O) groups is 1. The summed E-state index contributed by atoms with van der Waals surface area (Å²) in [6.07, 6.45) is 2.34. The van der Waals surface area contributed by atoms with Crippen molar-refractivity contribution in [2.45, 2.75) is 64.8 Å². The highest BCUT2D eigenvalue weighted by molar-refractivity contribution is 5.81. The van der Waals surface area contributed by atoms with Crippen molar-refractivity contribution in [1.82, 2.24) is 24.8 Å². The lowest BCUT2D eigenvalue weighted by Crippen LogP contribution is -2.39. The Hall–Kier alpha value is -3.54. The van der Waals surface area contributed by atoms with Gasteiger partial charge in [-0.1, -0.05) is 25.5 Å². The fraction of sp³-hybridized carbons (Fsp3) is 0.586. The van der Waals surface area contributed by atoms with Gasteiger partial charge in [0.15, 0.2) is 5.82 Å². The normalized spacial score (nSPS) is 19.5. The molecule has 12 heteroatoms. The monoisotopic (exact) mass is 571 g/mol. The van der Waals surface area contributed by atoms with E-state index >= 15 is 0 Å². The van der Waals surface area contributed by atoms with Crippen LogP contribution in [0, 0.1) is 12.8 Å². The van der Waals surface area contributed by atoms with E-state index in [0.29, 0.717) is 74.0 Å². The van der Waals surface area contributed by atoms with Crippen LogP contribution >= 0.6 is 0 Å². The third-order valence-corrected chi connectivity index (χ3v) is 7.81. The van der Waals surface area contributed by atoms with Gasteiger partial charge in [-0.15, -0.1) is 0 Å².